The summed E-state index contributed by atoms with van der Waals surface area (Å²) in [6.07, 6.45) is 0. The maximum atomic E-state index is 11.0. The zero-order chi connectivity index (χ0) is 12.5. The van der Waals surface area contributed by atoms with Gasteiger partial charge in [0.1, 0.15) is 0 Å². The van der Waals surface area contributed by atoms with Crippen molar-refractivity contribution in [3.63, 3.8) is 0 Å². The number of aryl methyl sites for hydroxylation is 1. The topological polar surface area (TPSA) is 63.6 Å². The maximum Gasteiger partial charge on any atom is 0.236 e. The van der Waals surface area contributed by atoms with Gasteiger partial charge in [-0.05, 0) is 40.0 Å². The van der Waals surface area contributed by atoms with Crippen LogP contribution in [-0.4, -0.2) is 20.6 Å². The van der Waals surface area contributed by atoms with Gasteiger partial charge in [0.05, 0.1) is 17.3 Å². The first-order valence-corrected chi connectivity index (χ1v) is 7.50. The van der Waals surface area contributed by atoms with Crippen molar-refractivity contribution in [3.05, 3.63) is 21.7 Å². The minimum absolute atomic E-state index is 0.0532. The van der Waals surface area contributed by atoms with Gasteiger partial charge >= 0.3 is 0 Å². The molecule has 0 aliphatic heterocycles. The Hall–Kier alpha value is -0.460. The molecule has 90 valence electrons. The lowest BCUT2D eigenvalue weighted by molar-refractivity contribution is 0.370. The highest BCUT2D eigenvalue weighted by molar-refractivity contribution is 9.10. The molecule has 7 heteroatoms. The van der Waals surface area contributed by atoms with E-state index in [1.54, 1.807) is 6.92 Å². The molecule has 0 radical (unpaired) electrons. The smallest absolute Gasteiger partial charge is 0.236 e. The number of phenols is 1. The fourth-order valence-electron chi connectivity index (χ4n) is 1.32. The van der Waals surface area contributed by atoms with Gasteiger partial charge in [-0.15, -0.1) is 0 Å². The molecule has 0 amide bonds. The molecule has 0 saturated heterocycles. The van der Waals surface area contributed by atoms with Crippen molar-refractivity contribution in [3.8, 4) is 11.5 Å². The van der Waals surface area contributed by atoms with Gasteiger partial charge in [-0.25, -0.2) is 8.42 Å². The normalized spacial score (nSPS) is 11.5. The maximum absolute atomic E-state index is 11.0. The van der Waals surface area contributed by atoms with E-state index in [0.717, 1.165) is 0 Å². The Balaban J connectivity index is 3.40. The highest BCUT2D eigenvalue weighted by Crippen LogP contribution is 2.39. The van der Waals surface area contributed by atoms with Crippen LogP contribution in [0.1, 0.15) is 11.1 Å². The highest BCUT2D eigenvalue weighted by Gasteiger charge is 2.18. The molecule has 1 aromatic rings. The van der Waals surface area contributed by atoms with E-state index < -0.39 is 9.05 Å². The van der Waals surface area contributed by atoms with Gasteiger partial charge in [0.2, 0.25) is 9.05 Å². The van der Waals surface area contributed by atoms with Crippen LogP contribution in [0.25, 0.3) is 0 Å². The quantitative estimate of drug-likeness (QED) is 0.866. The van der Waals surface area contributed by atoms with Crippen molar-refractivity contribution in [1.29, 1.82) is 0 Å². The molecule has 16 heavy (non-hydrogen) atoms. The van der Waals surface area contributed by atoms with Crippen LogP contribution >= 0.6 is 26.6 Å². The Labute approximate surface area is 107 Å². The number of rotatable bonds is 3. The largest absolute Gasteiger partial charge is 0.504 e. The molecule has 0 atom stereocenters. The standard InChI is InChI=1S/C9H10BrClO4S/c1-5-3-7(12)9(15-2)8(10)6(5)4-16(11,13)14/h3,12H,4H2,1-2H3. The molecule has 0 spiro atoms. The van der Waals surface area contributed by atoms with Crippen molar-refractivity contribution in [2.75, 3.05) is 7.11 Å². The molecular formula is C9H10BrClO4S. The van der Waals surface area contributed by atoms with Gasteiger partial charge < -0.3 is 9.84 Å². The summed E-state index contributed by atoms with van der Waals surface area (Å²) in [6.45, 7) is 1.68. The van der Waals surface area contributed by atoms with Crippen molar-refractivity contribution < 1.29 is 18.3 Å². The van der Waals surface area contributed by atoms with Gasteiger partial charge in [0, 0.05) is 10.7 Å². The van der Waals surface area contributed by atoms with Crippen LogP contribution in [0.4, 0.5) is 0 Å². The summed E-state index contributed by atoms with van der Waals surface area (Å²) in [5, 5.41) is 9.56. The summed E-state index contributed by atoms with van der Waals surface area (Å²) >= 11 is 3.19. The molecule has 0 bridgehead atoms. The zero-order valence-corrected chi connectivity index (χ0v) is 11.8. The molecule has 0 aliphatic carbocycles. The molecule has 0 aliphatic rings. The molecule has 4 nitrogen and oxygen atoms in total. The molecule has 0 aromatic heterocycles. The first-order valence-electron chi connectivity index (χ1n) is 4.23. The molecule has 1 N–H and O–H groups in total. The lowest BCUT2D eigenvalue weighted by Gasteiger charge is -2.12. The van der Waals surface area contributed by atoms with E-state index >= 15 is 0 Å². The van der Waals surface area contributed by atoms with Gasteiger partial charge in [0.25, 0.3) is 0 Å². The number of hydrogen-bond donors (Lipinski definition) is 1. The SMILES string of the molecule is COc1c(O)cc(C)c(CS(=O)(=O)Cl)c1Br. The number of phenolic OH excluding ortho intramolecular Hbond substituents is 1. The average Bonchev–Trinajstić information content (AvgIpc) is 2.11. The third kappa shape index (κ3) is 3.02. The van der Waals surface area contributed by atoms with E-state index in [4.69, 9.17) is 15.4 Å². The van der Waals surface area contributed by atoms with Crippen LogP contribution in [0.5, 0.6) is 11.5 Å². The predicted octanol–water partition coefficient (Wildman–Crippen LogP) is 2.54. The molecule has 1 rings (SSSR count). The number of hydrogen-bond acceptors (Lipinski definition) is 4. The summed E-state index contributed by atoms with van der Waals surface area (Å²) < 4.78 is 27.4. The van der Waals surface area contributed by atoms with Crippen molar-refractivity contribution in [2.45, 2.75) is 12.7 Å². The fourth-order valence-corrected chi connectivity index (χ4v) is 3.37. The summed E-state index contributed by atoms with van der Waals surface area (Å²) in [7, 11) is 2.92. The third-order valence-corrected chi connectivity index (χ3v) is 3.85. The van der Waals surface area contributed by atoms with Gasteiger partial charge in [-0.3, -0.25) is 0 Å². The van der Waals surface area contributed by atoms with Gasteiger partial charge in [-0.2, -0.15) is 0 Å². The number of methoxy groups -OCH3 is 1. The Morgan fingerprint density at radius 1 is 1.56 bits per heavy atom. The van der Waals surface area contributed by atoms with Crippen molar-refractivity contribution in [1.82, 2.24) is 0 Å². The van der Waals surface area contributed by atoms with E-state index in [-0.39, 0.29) is 17.3 Å². The van der Waals surface area contributed by atoms with Crippen molar-refractivity contribution >= 4 is 35.7 Å². The van der Waals surface area contributed by atoms with Crippen LogP contribution in [0.2, 0.25) is 0 Å². The molecule has 1 aromatic carbocycles. The minimum Gasteiger partial charge on any atom is -0.504 e. The second-order valence-corrected chi connectivity index (χ2v) is 6.79. The van der Waals surface area contributed by atoms with Crippen LogP contribution in [-0.2, 0) is 14.8 Å². The molecule has 0 fully saturated rings. The number of benzene rings is 1. The predicted molar refractivity (Wildman–Crippen MR) is 65.6 cm³/mol. The Kier molecular flexibility index (Phi) is 4.09. The van der Waals surface area contributed by atoms with Crippen molar-refractivity contribution in [2.24, 2.45) is 0 Å². The van der Waals surface area contributed by atoms with Crippen LogP contribution in [0, 0.1) is 6.92 Å². The second kappa shape index (κ2) is 4.81. The average molecular weight is 330 g/mol. The first kappa shape index (κ1) is 13.6. The molecule has 0 saturated carbocycles. The molecule has 0 heterocycles. The lowest BCUT2D eigenvalue weighted by Crippen LogP contribution is -2.00. The van der Waals surface area contributed by atoms with E-state index in [9.17, 15) is 13.5 Å². The first-order chi connectivity index (χ1) is 7.26. The second-order valence-electron chi connectivity index (χ2n) is 3.22. The van der Waals surface area contributed by atoms with Crippen LogP contribution < -0.4 is 4.74 Å². The summed E-state index contributed by atoms with van der Waals surface area (Å²) in [6, 6.07) is 1.43. The third-order valence-electron chi connectivity index (χ3n) is 2.05. The van der Waals surface area contributed by atoms with E-state index in [1.165, 1.54) is 13.2 Å². The Bertz CT molecular complexity index is 513. The van der Waals surface area contributed by atoms with E-state index in [1.807, 2.05) is 0 Å². The zero-order valence-electron chi connectivity index (χ0n) is 8.62. The van der Waals surface area contributed by atoms with Gasteiger partial charge in [0.15, 0.2) is 11.5 Å². The van der Waals surface area contributed by atoms with Crippen LogP contribution in [0.15, 0.2) is 10.5 Å². The fraction of sp³-hybridized carbons (Fsp3) is 0.333. The minimum atomic E-state index is -3.65. The summed E-state index contributed by atoms with van der Waals surface area (Å²) in [4.78, 5) is 0. The van der Waals surface area contributed by atoms with E-state index in [2.05, 4.69) is 15.9 Å². The molecular weight excluding hydrogens is 320 g/mol. The lowest BCUT2D eigenvalue weighted by atomic mass is 10.1. The Morgan fingerprint density at radius 2 is 2.12 bits per heavy atom. The monoisotopic (exact) mass is 328 g/mol. The van der Waals surface area contributed by atoms with Gasteiger partial charge in [-0.1, -0.05) is 0 Å². The van der Waals surface area contributed by atoms with E-state index in [0.29, 0.717) is 15.6 Å². The molecule has 0 unspecified atom stereocenters. The summed E-state index contributed by atoms with van der Waals surface area (Å²) in [5.41, 5.74) is 1.10. The van der Waals surface area contributed by atoms with Crippen LogP contribution in [0.3, 0.4) is 0 Å². The Morgan fingerprint density at radius 3 is 2.56 bits per heavy atom. The number of halogens is 2. The summed E-state index contributed by atoms with van der Waals surface area (Å²) in [5.74, 6) is -0.180. The number of ether oxygens (including phenoxy) is 1. The highest BCUT2D eigenvalue weighted by atomic mass is 79.9. The number of aromatic hydroxyl groups is 1.